The Hall–Kier alpha value is -3.29. The first-order valence-corrected chi connectivity index (χ1v) is 12.6. The van der Waals surface area contributed by atoms with Crippen LogP contribution in [0.3, 0.4) is 0 Å². The molecule has 192 valence electrons. The minimum atomic E-state index is -0.551. The largest absolute Gasteiger partial charge is 0.493 e. The summed E-state index contributed by atoms with van der Waals surface area (Å²) < 4.78 is 26.2. The van der Waals surface area contributed by atoms with Crippen LogP contribution in [-0.4, -0.2) is 60.2 Å². The first-order chi connectivity index (χ1) is 17.0. The summed E-state index contributed by atoms with van der Waals surface area (Å²) in [6.07, 6.45) is -0.349. The molecule has 2 aromatic carbocycles. The molecule has 0 saturated carbocycles. The zero-order valence-electron chi connectivity index (χ0n) is 21.6. The molecule has 7 nitrogen and oxygen atoms in total. The predicted octanol–water partition coefficient (Wildman–Crippen LogP) is 4.97. The lowest BCUT2D eigenvalue weighted by Crippen LogP contribution is -2.51. The summed E-state index contributed by atoms with van der Waals surface area (Å²) in [4.78, 5) is 29.2. The van der Waals surface area contributed by atoms with Crippen molar-refractivity contribution in [2.24, 2.45) is 5.92 Å². The Morgan fingerprint density at radius 3 is 2.47 bits per heavy atom. The van der Waals surface area contributed by atoms with Gasteiger partial charge in [0.05, 0.1) is 18.2 Å². The average molecular weight is 496 g/mol. The second-order valence-electron chi connectivity index (χ2n) is 11.4. The molecule has 0 spiro atoms. The van der Waals surface area contributed by atoms with E-state index < -0.39 is 5.60 Å². The number of benzene rings is 2. The molecule has 3 heterocycles. The Bertz CT molecular complexity index is 1200. The first-order valence-electron chi connectivity index (χ1n) is 12.6. The molecule has 2 aromatic rings. The number of nitrogens with one attached hydrogen (secondary N) is 1. The summed E-state index contributed by atoms with van der Waals surface area (Å²) in [6, 6.07) is 10.4. The van der Waals surface area contributed by atoms with Crippen molar-refractivity contribution in [3.05, 3.63) is 58.9 Å². The number of piperazine rings is 1. The third kappa shape index (κ3) is 4.27. The summed E-state index contributed by atoms with van der Waals surface area (Å²) in [5, 5.41) is 3.53. The molecule has 1 saturated heterocycles. The molecule has 0 radical (unpaired) electrons. The zero-order valence-corrected chi connectivity index (χ0v) is 21.6. The molecule has 0 unspecified atom stereocenters. The number of nitrogens with zero attached hydrogens (tertiary/aromatic N) is 2. The summed E-state index contributed by atoms with van der Waals surface area (Å²) in [5.41, 5.74) is 2.20. The molecule has 3 aliphatic rings. The highest BCUT2D eigenvalue weighted by Gasteiger charge is 2.47. The van der Waals surface area contributed by atoms with Crippen LogP contribution in [0.5, 0.6) is 5.75 Å². The van der Waals surface area contributed by atoms with Crippen molar-refractivity contribution >= 4 is 17.7 Å². The second kappa shape index (κ2) is 8.68. The predicted molar refractivity (Wildman–Crippen MR) is 135 cm³/mol. The minimum Gasteiger partial charge on any atom is -0.493 e. The zero-order chi connectivity index (χ0) is 25.8. The number of ether oxygens (including phenoxy) is 2. The van der Waals surface area contributed by atoms with E-state index in [1.807, 2.05) is 45.0 Å². The van der Waals surface area contributed by atoms with Gasteiger partial charge in [-0.15, -0.1) is 0 Å². The van der Waals surface area contributed by atoms with E-state index in [4.69, 9.17) is 9.47 Å². The molecule has 36 heavy (non-hydrogen) atoms. The van der Waals surface area contributed by atoms with E-state index in [1.165, 1.54) is 6.07 Å². The van der Waals surface area contributed by atoms with E-state index in [0.29, 0.717) is 49.7 Å². The van der Waals surface area contributed by atoms with Crippen LogP contribution in [0, 0.1) is 11.7 Å². The smallest absolute Gasteiger partial charge is 0.410 e. The fourth-order valence-electron chi connectivity index (χ4n) is 5.52. The normalized spacial score (nSPS) is 22.4. The van der Waals surface area contributed by atoms with Gasteiger partial charge in [0.2, 0.25) is 0 Å². The molecule has 0 bridgehead atoms. The summed E-state index contributed by atoms with van der Waals surface area (Å²) in [7, 11) is 0. The first kappa shape index (κ1) is 24.4. The number of amides is 2. The van der Waals surface area contributed by atoms with Gasteiger partial charge in [0.15, 0.2) is 0 Å². The van der Waals surface area contributed by atoms with Gasteiger partial charge in [-0.2, -0.15) is 0 Å². The van der Waals surface area contributed by atoms with Crippen molar-refractivity contribution < 1.29 is 23.5 Å². The van der Waals surface area contributed by atoms with E-state index in [0.717, 1.165) is 11.3 Å². The van der Waals surface area contributed by atoms with Gasteiger partial charge in [-0.25, -0.2) is 9.18 Å². The number of carbonyl (C=O) groups is 2. The Morgan fingerprint density at radius 1 is 1.08 bits per heavy atom. The third-order valence-corrected chi connectivity index (χ3v) is 7.56. The number of anilines is 1. The van der Waals surface area contributed by atoms with Gasteiger partial charge < -0.3 is 24.6 Å². The average Bonchev–Trinajstić information content (AvgIpc) is 2.82. The molecule has 1 N–H and O–H groups in total. The third-order valence-electron chi connectivity index (χ3n) is 7.56. The Morgan fingerprint density at radius 2 is 1.78 bits per heavy atom. The van der Waals surface area contributed by atoms with Gasteiger partial charge in [-0.1, -0.05) is 19.9 Å². The number of carbonyl (C=O) groups excluding carboxylic acids is 2. The maximum absolute atomic E-state index is 14.8. The molecule has 2 amide bonds. The van der Waals surface area contributed by atoms with E-state index in [9.17, 15) is 14.0 Å². The van der Waals surface area contributed by atoms with Crippen molar-refractivity contribution in [1.82, 2.24) is 9.80 Å². The molecule has 0 aliphatic carbocycles. The van der Waals surface area contributed by atoms with E-state index in [-0.39, 0.29) is 35.2 Å². The Balaban J connectivity index is 1.34. The molecule has 3 aliphatic heterocycles. The number of rotatable bonds is 1. The van der Waals surface area contributed by atoms with Crippen molar-refractivity contribution in [3.63, 3.8) is 0 Å². The highest BCUT2D eigenvalue weighted by molar-refractivity contribution is 5.95. The number of hydrogen-bond acceptors (Lipinski definition) is 5. The Kier molecular flexibility index (Phi) is 5.88. The van der Waals surface area contributed by atoms with Crippen LogP contribution in [0.4, 0.5) is 14.9 Å². The van der Waals surface area contributed by atoms with Crippen molar-refractivity contribution in [1.29, 1.82) is 0 Å². The lowest BCUT2D eigenvalue weighted by molar-refractivity contribution is 0.0141. The highest BCUT2D eigenvalue weighted by Crippen LogP contribution is 2.52. The van der Waals surface area contributed by atoms with Crippen LogP contribution in [-0.2, 0) is 10.2 Å². The SMILES string of the molecule is CC(C)(C)OC(=O)N1CCN(C(=O)c2ccc3c(c2)C(C)(C)[C@@H]2COc4cccc(F)c4[C@H]2N3)CC1. The monoisotopic (exact) mass is 495 g/mol. The maximum atomic E-state index is 14.8. The molecular weight excluding hydrogens is 461 g/mol. The van der Waals surface area contributed by atoms with Gasteiger partial charge in [0.1, 0.15) is 17.2 Å². The summed E-state index contributed by atoms with van der Waals surface area (Å²) in [5.74, 6) is 0.250. The molecule has 1 fully saturated rings. The van der Waals surface area contributed by atoms with Gasteiger partial charge >= 0.3 is 6.09 Å². The molecular formula is C28H34FN3O4. The van der Waals surface area contributed by atoms with Crippen LogP contribution < -0.4 is 10.1 Å². The summed E-state index contributed by atoms with van der Waals surface area (Å²) >= 11 is 0. The molecule has 5 rings (SSSR count). The molecule has 8 heteroatoms. The fourth-order valence-corrected chi connectivity index (χ4v) is 5.52. The van der Waals surface area contributed by atoms with Crippen molar-refractivity contribution in [2.45, 2.75) is 51.7 Å². The molecule has 2 atom stereocenters. The van der Waals surface area contributed by atoms with Crippen LogP contribution in [0.2, 0.25) is 0 Å². The summed E-state index contributed by atoms with van der Waals surface area (Å²) in [6.45, 7) is 12.0. The van der Waals surface area contributed by atoms with Gasteiger partial charge in [0, 0.05) is 48.8 Å². The fraction of sp³-hybridized carbons (Fsp3) is 0.500. The van der Waals surface area contributed by atoms with Crippen LogP contribution in [0.1, 0.15) is 62.1 Å². The van der Waals surface area contributed by atoms with Gasteiger partial charge in [-0.05, 0) is 56.7 Å². The lowest BCUT2D eigenvalue weighted by Gasteiger charge is -2.48. The van der Waals surface area contributed by atoms with Crippen molar-refractivity contribution in [3.8, 4) is 5.75 Å². The lowest BCUT2D eigenvalue weighted by atomic mass is 9.65. The van der Waals surface area contributed by atoms with E-state index >= 15 is 0 Å². The number of halogens is 1. The quantitative estimate of drug-likeness (QED) is 0.605. The molecule has 0 aromatic heterocycles. The Labute approximate surface area is 211 Å². The maximum Gasteiger partial charge on any atom is 0.410 e. The van der Waals surface area contributed by atoms with Gasteiger partial charge in [0.25, 0.3) is 5.91 Å². The standard InChI is InChI=1S/C28H34FN3O4/c1-27(2,3)36-26(34)32-13-11-31(12-14-32)25(33)17-9-10-21-18(15-17)28(4,5)19-16-35-22-8-6-7-20(29)23(22)24(19)30-21/h6-10,15,19,24,30H,11-14,16H2,1-5H3/t19-,24+/m1/s1. The minimum absolute atomic E-state index is 0.00266. The number of hydrogen-bond donors (Lipinski definition) is 1. The van der Waals surface area contributed by atoms with Crippen LogP contribution in [0.15, 0.2) is 36.4 Å². The number of fused-ring (bicyclic) bond motifs is 4. The van der Waals surface area contributed by atoms with Crippen LogP contribution in [0.25, 0.3) is 0 Å². The van der Waals surface area contributed by atoms with Gasteiger partial charge in [-0.3, -0.25) is 4.79 Å². The van der Waals surface area contributed by atoms with Crippen LogP contribution >= 0.6 is 0 Å². The second-order valence-corrected chi connectivity index (χ2v) is 11.4. The highest BCUT2D eigenvalue weighted by atomic mass is 19.1. The topological polar surface area (TPSA) is 71.1 Å². The van der Waals surface area contributed by atoms with E-state index in [1.54, 1.807) is 15.9 Å². The van der Waals surface area contributed by atoms with E-state index in [2.05, 4.69) is 19.2 Å². The van der Waals surface area contributed by atoms with Crippen molar-refractivity contribution in [2.75, 3.05) is 38.1 Å².